The van der Waals surface area contributed by atoms with Crippen LogP contribution in [-0.2, 0) is 14.8 Å². The molecule has 2 fully saturated rings. The van der Waals surface area contributed by atoms with Crippen LogP contribution in [0.4, 0.5) is 0 Å². The van der Waals surface area contributed by atoms with Gasteiger partial charge in [0.25, 0.3) is 15.9 Å². The minimum Gasteiger partial charge on any atom is -0.497 e. The van der Waals surface area contributed by atoms with Gasteiger partial charge in [-0.15, -0.1) is 0 Å². The van der Waals surface area contributed by atoms with Crippen LogP contribution in [0.15, 0.2) is 53.4 Å². The number of carbonyl (C=O) groups excluding carboxylic acids is 2. The number of fused-ring (bicyclic) bond motifs is 1. The van der Waals surface area contributed by atoms with Gasteiger partial charge < -0.3 is 4.74 Å². The largest absolute Gasteiger partial charge is 0.497 e. The van der Waals surface area contributed by atoms with Crippen LogP contribution in [0.25, 0.3) is 0 Å². The average molecular weight is 385 g/mol. The van der Waals surface area contributed by atoms with Gasteiger partial charge >= 0.3 is 0 Å². The van der Waals surface area contributed by atoms with E-state index < -0.39 is 21.3 Å². The number of nitrogens with zero attached hydrogens (tertiary/aromatic N) is 1. The molecule has 2 aromatic rings. The van der Waals surface area contributed by atoms with Crippen LogP contribution in [-0.4, -0.2) is 38.1 Å². The summed E-state index contributed by atoms with van der Waals surface area (Å²) in [4.78, 5) is 26.1. The molecule has 0 N–H and O–H groups in total. The van der Waals surface area contributed by atoms with Gasteiger partial charge in [0.05, 0.1) is 12.0 Å². The molecule has 140 valence electrons. The maximum absolute atomic E-state index is 13.0. The highest BCUT2D eigenvalue weighted by Crippen LogP contribution is 2.61. The number of aryl methyl sites for hydroxylation is 1. The van der Waals surface area contributed by atoms with Gasteiger partial charge in [0.15, 0.2) is 5.78 Å². The van der Waals surface area contributed by atoms with E-state index in [2.05, 4.69) is 0 Å². The van der Waals surface area contributed by atoms with Crippen LogP contribution in [0, 0.1) is 18.3 Å². The second-order valence-corrected chi connectivity index (χ2v) is 8.95. The average Bonchev–Trinajstić information content (AvgIpc) is 3.33. The number of hydrogen-bond acceptors (Lipinski definition) is 5. The Morgan fingerprint density at radius 1 is 1.11 bits per heavy atom. The molecular weight excluding hydrogens is 366 g/mol. The lowest BCUT2D eigenvalue weighted by molar-refractivity contribution is -0.127. The SMILES string of the molecule is COc1ccc(C(=O)[C@]23C[C@H]2CN(S(=O)(=O)c2ccc(C)cc2)C3=O)cc1. The number of rotatable bonds is 5. The fourth-order valence-corrected chi connectivity index (χ4v) is 5.23. The van der Waals surface area contributed by atoms with Crippen molar-refractivity contribution in [3.8, 4) is 5.75 Å². The molecule has 27 heavy (non-hydrogen) atoms. The molecule has 0 spiro atoms. The fourth-order valence-electron chi connectivity index (χ4n) is 3.74. The second kappa shape index (κ2) is 5.92. The first-order valence-electron chi connectivity index (χ1n) is 8.63. The number of benzene rings is 2. The van der Waals surface area contributed by atoms with Gasteiger partial charge in [-0.05, 0) is 49.7 Å². The Bertz CT molecular complexity index is 1030. The maximum atomic E-state index is 13.0. The molecule has 2 aromatic carbocycles. The summed E-state index contributed by atoms with van der Waals surface area (Å²) in [6.07, 6.45) is 0.399. The van der Waals surface area contributed by atoms with E-state index in [9.17, 15) is 18.0 Å². The summed E-state index contributed by atoms with van der Waals surface area (Å²) in [6, 6.07) is 12.9. The highest BCUT2D eigenvalue weighted by Gasteiger charge is 2.72. The van der Waals surface area contributed by atoms with Crippen LogP contribution in [0.5, 0.6) is 5.75 Å². The number of sulfonamides is 1. The zero-order chi connectivity index (χ0) is 19.4. The molecule has 7 heteroatoms. The zero-order valence-corrected chi connectivity index (χ0v) is 15.8. The number of amides is 1. The molecule has 0 unspecified atom stereocenters. The molecule has 0 bridgehead atoms. The monoisotopic (exact) mass is 385 g/mol. The van der Waals surface area contributed by atoms with Crippen molar-refractivity contribution in [2.24, 2.45) is 11.3 Å². The number of piperidine rings is 1. The molecule has 2 aliphatic rings. The van der Waals surface area contributed by atoms with Gasteiger partial charge in [0, 0.05) is 18.0 Å². The lowest BCUT2D eigenvalue weighted by Gasteiger charge is -2.20. The summed E-state index contributed by atoms with van der Waals surface area (Å²) in [7, 11) is -2.43. The highest BCUT2D eigenvalue weighted by molar-refractivity contribution is 7.89. The van der Waals surface area contributed by atoms with E-state index in [0.717, 1.165) is 9.87 Å². The van der Waals surface area contributed by atoms with Crippen molar-refractivity contribution in [1.82, 2.24) is 4.31 Å². The van der Waals surface area contributed by atoms with Gasteiger partial charge in [0.1, 0.15) is 11.2 Å². The lowest BCUT2D eigenvalue weighted by Crippen LogP contribution is -2.39. The van der Waals surface area contributed by atoms with E-state index in [1.54, 1.807) is 36.4 Å². The number of ether oxygens (including phenoxy) is 1. The van der Waals surface area contributed by atoms with Crippen molar-refractivity contribution in [2.45, 2.75) is 18.2 Å². The molecule has 1 aliphatic carbocycles. The third kappa shape index (κ3) is 2.56. The Labute approximate surface area is 157 Å². The molecule has 0 aromatic heterocycles. The molecule has 1 saturated heterocycles. The van der Waals surface area contributed by atoms with Crippen molar-refractivity contribution >= 4 is 21.7 Å². The third-order valence-electron chi connectivity index (χ3n) is 5.47. The number of carbonyl (C=O) groups is 2. The Morgan fingerprint density at radius 3 is 2.33 bits per heavy atom. The van der Waals surface area contributed by atoms with Crippen LogP contribution in [0.2, 0.25) is 0 Å². The van der Waals surface area contributed by atoms with Crippen LogP contribution in [0.1, 0.15) is 22.3 Å². The van der Waals surface area contributed by atoms with Crippen LogP contribution >= 0.6 is 0 Å². The number of methoxy groups -OCH3 is 1. The standard InChI is InChI=1S/C20H19NO5S/c1-13-3-9-17(10-4-13)27(24,25)21-12-15-11-20(15,19(21)23)18(22)14-5-7-16(26-2)8-6-14/h3-10,15H,11-12H2,1-2H3/t15-,20-/m0/s1. The minimum atomic E-state index is -3.96. The van der Waals surface area contributed by atoms with E-state index in [4.69, 9.17) is 4.74 Å². The van der Waals surface area contributed by atoms with Crippen molar-refractivity contribution in [3.63, 3.8) is 0 Å². The highest BCUT2D eigenvalue weighted by atomic mass is 32.2. The quantitative estimate of drug-likeness (QED) is 0.583. The first-order chi connectivity index (χ1) is 12.8. The predicted octanol–water partition coefficient (Wildman–Crippen LogP) is 2.42. The molecule has 1 amide bonds. The fraction of sp³-hybridized carbons (Fsp3) is 0.300. The van der Waals surface area contributed by atoms with E-state index in [1.165, 1.54) is 19.2 Å². The van der Waals surface area contributed by atoms with Crippen molar-refractivity contribution in [2.75, 3.05) is 13.7 Å². The van der Waals surface area contributed by atoms with Crippen molar-refractivity contribution in [3.05, 3.63) is 59.7 Å². The van der Waals surface area contributed by atoms with Crippen molar-refractivity contribution < 1.29 is 22.7 Å². The summed E-state index contributed by atoms with van der Waals surface area (Å²) in [5.41, 5.74) is 0.0729. The van der Waals surface area contributed by atoms with Crippen LogP contribution in [0.3, 0.4) is 0 Å². The van der Waals surface area contributed by atoms with Crippen LogP contribution < -0.4 is 4.74 Å². The topological polar surface area (TPSA) is 80.8 Å². The Balaban J connectivity index is 1.63. The molecule has 1 heterocycles. The smallest absolute Gasteiger partial charge is 0.266 e. The van der Waals surface area contributed by atoms with Gasteiger partial charge in [-0.25, -0.2) is 12.7 Å². The van der Waals surface area contributed by atoms with E-state index in [0.29, 0.717) is 17.7 Å². The summed E-state index contributed by atoms with van der Waals surface area (Å²) >= 11 is 0. The number of hydrogen-bond donors (Lipinski definition) is 0. The summed E-state index contributed by atoms with van der Waals surface area (Å²) < 4.78 is 31.7. The zero-order valence-electron chi connectivity index (χ0n) is 15.0. The predicted molar refractivity (Wildman–Crippen MR) is 97.9 cm³/mol. The molecule has 1 saturated carbocycles. The summed E-state index contributed by atoms with van der Waals surface area (Å²) in [5, 5.41) is 0. The van der Waals surface area contributed by atoms with Crippen molar-refractivity contribution in [1.29, 1.82) is 0 Å². The Kier molecular flexibility index (Phi) is 3.89. The van der Waals surface area contributed by atoms with Gasteiger partial charge in [-0.2, -0.15) is 0 Å². The second-order valence-electron chi connectivity index (χ2n) is 7.08. The number of Topliss-reactive ketones (excluding diaryl/α,β-unsaturated/α-hetero) is 1. The molecule has 4 rings (SSSR count). The molecule has 1 aliphatic heterocycles. The molecule has 2 atom stereocenters. The molecular formula is C20H19NO5S. The van der Waals surface area contributed by atoms with E-state index in [-0.39, 0.29) is 23.1 Å². The van der Waals surface area contributed by atoms with Gasteiger partial charge in [-0.3, -0.25) is 9.59 Å². The van der Waals surface area contributed by atoms with Gasteiger partial charge in [-0.1, -0.05) is 17.7 Å². The Hall–Kier alpha value is -2.67. The third-order valence-corrected chi connectivity index (χ3v) is 7.23. The first-order valence-corrected chi connectivity index (χ1v) is 10.1. The summed E-state index contributed by atoms with van der Waals surface area (Å²) in [6.45, 7) is 1.91. The Morgan fingerprint density at radius 2 is 1.74 bits per heavy atom. The van der Waals surface area contributed by atoms with E-state index in [1.807, 2.05) is 6.92 Å². The lowest BCUT2D eigenvalue weighted by atomic mass is 9.93. The normalized spacial score (nSPS) is 23.9. The molecule has 0 radical (unpaired) electrons. The van der Waals surface area contributed by atoms with Gasteiger partial charge in [0.2, 0.25) is 0 Å². The summed E-state index contributed by atoms with van der Waals surface area (Å²) in [5.74, 6) is -0.590. The first kappa shape index (κ1) is 17.7. The van der Waals surface area contributed by atoms with E-state index >= 15 is 0 Å². The maximum Gasteiger partial charge on any atom is 0.266 e. The molecule has 6 nitrogen and oxygen atoms in total. The number of ketones is 1. The minimum absolute atomic E-state index is 0.0525.